The summed E-state index contributed by atoms with van der Waals surface area (Å²) in [5.74, 6) is 0. The molecule has 0 amide bonds. The molecule has 0 radical (unpaired) electrons. The summed E-state index contributed by atoms with van der Waals surface area (Å²) < 4.78 is 27.3. The summed E-state index contributed by atoms with van der Waals surface area (Å²) in [4.78, 5) is 3.70. The van der Waals surface area contributed by atoms with Gasteiger partial charge in [-0.15, -0.1) is 0 Å². The molecule has 2 aromatic rings. The van der Waals surface area contributed by atoms with Gasteiger partial charge in [0.15, 0.2) is 0 Å². The van der Waals surface area contributed by atoms with Crippen LogP contribution in [-0.4, -0.2) is 13.4 Å². The van der Waals surface area contributed by atoms with E-state index in [1.807, 2.05) is 6.07 Å². The number of rotatable bonds is 4. The Morgan fingerprint density at radius 2 is 2.00 bits per heavy atom. The molecule has 0 spiro atoms. The minimum absolute atomic E-state index is 0.0906. The Balaban J connectivity index is 2.17. The Morgan fingerprint density at radius 1 is 1.33 bits per heavy atom. The van der Waals surface area contributed by atoms with E-state index in [1.165, 1.54) is 12.3 Å². The van der Waals surface area contributed by atoms with Gasteiger partial charge < -0.3 is 0 Å². The lowest BCUT2D eigenvalue weighted by atomic mass is 10.1. The van der Waals surface area contributed by atoms with E-state index in [2.05, 4.69) is 25.6 Å². The lowest BCUT2D eigenvalue weighted by molar-refractivity contribution is 0.581. The summed E-state index contributed by atoms with van der Waals surface area (Å²) in [5.41, 5.74) is 1.25. The first-order valence-electron chi connectivity index (χ1n) is 5.72. The van der Waals surface area contributed by atoms with Crippen molar-refractivity contribution < 1.29 is 8.42 Å². The van der Waals surface area contributed by atoms with Crippen LogP contribution in [0.1, 0.15) is 11.1 Å². The van der Waals surface area contributed by atoms with Crippen LogP contribution in [0, 0.1) is 11.3 Å². The Bertz CT molecular complexity index is 801. The maximum Gasteiger partial charge on any atom is 0.243 e. The highest BCUT2D eigenvalue weighted by Gasteiger charge is 2.19. The number of pyridine rings is 1. The highest BCUT2D eigenvalue weighted by Crippen LogP contribution is 2.22. The normalized spacial score (nSPS) is 11.1. The fourth-order valence-electron chi connectivity index (χ4n) is 1.55. The lowest BCUT2D eigenvalue weighted by Crippen LogP contribution is -2.23. The van der Waals surface area contributed by atoms with Crippen LogP contribution in [-0.2, 0) is 16.6 Å². The van der Waals surface area contributed by atoms with Gasteiger partial charge in [-0.05, 0) is 39.7 Å². The minimum atomic E-state index is -3.77. The molecule has 0 aliphatic heterocycles. The molecule has 108 valence electrons. The van der Waals surface area contributed by atoms with Crippen LogP contribution in [0.5, 0.6) is 0 Å². The predicted octanol–water partition coefficient (Wildman–Crippen LogP) is 2.85. The summed E-state index contributed by atoms with van der Waals surface area (Å²) >= 11 is 8.97. The van der Waals surface area contributed by atoms with Gasteiger partial charge >= 0.3 is 0 Å². The van der Waals surface area contributed by atoms with Crippen molar-refractivity contribution in [1.29, 1.82) is 5.26 Å². The number of aromatic nitrogens is 1. The first kappa shape index (κ1) is 15.9. The second-order valence-corrected chi connectivity index (χ2v) is 7.08. The summed E-state index contributed by atoms with van der Waals surface area (Å²) in [7, 11) is -3.77. The van der Waals surface area contributed by atoms with E-state index < -0.39 is 10.0 Å². The maximum absolute atomic E-state index is 12.2. The average molecular weight is 387 g/mol. The standard InChI is InChI=1S/C13H9BrClN3O2S/c14-11-5-12(13(15)17-8-11)21(19,20)18-7-10-3-1-9(6-16)2-4-10/h1-5,8,18H,7H2. The van der Waals surface area contributed by atoms with Gasteiger partial charge in [0.1, 0.15) is 10.0 Å². The molecule has 8 heteroatoms. The zero-order valence-corrected chi connectivity index (χ0v) is 13.7. The van der Waals surface area contributed by atoms with Gasteiger partial charge in [0.2, 0.25) is 10.0 Å². The highest BCUT2D eigenvalue weighted by molar-refractivity contribution is 9.10. The Labute approximate surface area is 135 Å². The monoisotopic (exact) mass is 385 g/mol. The molecule has 1 N–H and O–H groups in total. The van der Waals surface area contributed by atoms with E-state index in [9.17, 15) is 8.42 Å². The molecule has 0 unspecified atom stereocenters. The number of hydrogen-bond acceptors (Lipinski definition) is 4. The van der Waals surface area contributed by atoms with Crippen molar-refractivity contribution in [2.75, 3.05) is 0 Å². The summed E-state index contributed by atoms with van der Waals surface area (Å²) in [6, 6.07) is 9.99. The number of benzene rings is 1. The van der Waals surface area contributed by atoms with E-state index >= 15 is 0 Å². The number of sulfonamides is 1. The van der Waals surface area contributed by atoms with Crippen molar-refractivity contribution in [3.05, 3.63) is 57.3 Å². The molecule has 0 aliphatic carbocycles. The SMILES string of the molecule is N#Cc1ccc(CNS(=O)(=O)c2cc(Br)cnc2Cl)cc1. The molecule has 0 fully saturated rings. The fraction of sp³-hybridized carbons (Fsp3) is 0.0769. The van der Waals surface area contributed by atoms with Gasteiger partial charge in [-0.25, -0.2) is 18.1 Å². The molecule has 0 aliphatic rings. The van der Waals surface area contributed by atoms with Gasteiger partial charge in [-0.1, -0.05) is 23.7 Å². The molecule has 1 heterocycles. The largest absolute Gasteiger partial charge is 0.243 e. The molecule has 0 atom stereocenters. The molecule has 5 nitrogen and oxygen atoms in total. The van der Waals surface area contributed by atoms with Crippen molar-refractivity contribution in [2.24, 2.45) is 0 Å². The van der Waals surface area contributed by atoms with Crippen molar-refractivity contribution in [3.63, 3.8) is 0 Å². The van der Waals surface area contributed by atoms with Crippen LogP contribution >= 0.6 is 27.5 Å². The van der Waals surface area contributed by atoms with Crippen LogP contribution in [0.3, 0.4) is 0 Å². The molecule has 0 bridgehead atoms. The summed E-state index contributed by atoms with van der Waals surface area (Å²) in [5, 5.41) is 8.61. The molecule has 1 aromatic carbocycles. The van der Waals surface area contributed by atoms with E-state index in [4.69, 9.17) is 16.9 Å². The number of nitriles is 1. The third-order valence-corrected chi connectivity index (χ3v) is 4.87. The van der Waals surface area contributed by atoms with Gasteiger partial charge in [0.05, 0.1) is 11.6 Å². The van der Waals surface area contributed by atoms with Crippen LogP contribution in [0.4, 0.5) is 0 Å². The first-order chi connectivity index (χ1) is 9.92. The molecule has 1 aromatic heterocycles. The summed E-state index contributed by atoms with van der Waals surface area (Å²) in [6.07, 6.45) is 1.42. The molecule has 0 saturated carbocycles. The van der Waals surface area contributed by atoms with Crippen LogP contribution in [0.15, 0.2) is 45.9 Å². The smallest absolute Gasteiger partial charge is 0.242 e. The van der Waals surface area contributed by atoms with Crippen LogP contribution in [0.25, 0.3) is 0 Å². The molecular formula is C13H9BrClN3O2S. The first-order valence-corrected chi connectivity index (χ1v) is 8.37. The van der Waals surface area contributed by atoms with Crippen molar-refractivity contribution in [3.8, 4) is 6.07 Å². The number of halogens is 2. The number of nitrogens with zero attached hydrogens (tertiary/aromatic N) is 2. The Kier molecular flexibility index (Phi) is 4.96. The second-order valence-electron chi connectivity index (χ2n) is 4.08. The third-order valence-electron chi connectivity index (χ3n) is 2.61. The minimum Gasteiger partial charge on any atom is -0.242 e. The lowest BCUT2D eigenvalue weighted by Gasteiger charge is -2.08. The van der Waals surface area contributed by atoms with Gasteiger partial charge in [0, 0.05) is 17.2 Å². The van der Waals surface area contributed by atoms with E-state index in [0.717, 1.165) is 5.56 Å². The zero-order chi connectivity index (χ0) is 15.5. The van der Waals surface area contributed by atoms with Crippen molar-refractivity contribution in [1.82, 2.24) is 9.71 Å². The molecular weight excluding hydrogens is 378 g/mol. The second kappa shape index (κ2) is 6.54. The average Bonchev–Trinajstić information content (AvgIpc) is 2.48. The highest BCUT2D eigenvalue weighted by atomic mass is 79.9. The Hall–Kier alpha value is -1.46. The molecule has 0 saturated heterocycles. The van der Waals surface area contributed by atoms with Crippen LogP contribution in [0.2, 0.25) is 5.15 Å². The van der Waals surface area contributed by atoms with E-state index in [-0.39, 0.29) is 16.6 Å². The van der Waals surface area contributed by atoms with Gasteiger partial charge in [0.25, 0.3) is 0 Å². The van der Waals surface area contributed by atoms with Gasteiger partial charge in [-0.3, -0.25) is 0 Å². The van der Waals surface area contributed by atoms with Crippen molar-refractivity contribution >= 4 is 37.6 Å². The van der Waals surface area contributed by atoms with Crippen LogP contribution < -0.4 is 4.72 Å². The van der Waals surface area contributed by atoms with Gasteiger partial charge in [-0.2, -0.15) is 5.26 Å². The van der Waals surface area contributed by atoms with E-state index in [1.54, 1.807) is 24.3 Å². The maximum atomic E-state index is 12.2. The number of hydrogen-bond donors (Lipinski definition) is 1. The van der Waals surface area contributed by atoms with E-state index in [0.29, 0.717) is 10.0 Å². The predicted molar refractivity (Wildman–Crippen MR) is 82.1 cm³/mol. The third kappa shape index (κ3) is 4.02. The number of nitrogens with one attached hydrogen (secondary N) is 1. The fourth-order valence-corrected chi connectivity index (χ4v) is 3.51. The zero-order valence-electron chi connectivity index (χ0n) is 10.5. The van der Waals surface area contributed by atoms with Crippen molar-refractivity contribution in [2.45, 2.75) is 11.4 Å². The topological polar surface area (TPSA) is 82.9 Å². The molecule has 21 heavy (non-hydrogen) atoms. The summed E-state index contributed by atoms with van der Waals surface area (Å²) in [6.45, 7) is 0.0941. The Morgan fingerprint density at radius 3 is 2.62 bits per heavy atom. The quantitative estimate of drug-likeness (QED) is 0.819. The molecule has 2 rings (SSSR count).